The van der Waals surface area contributed by atoms with Crippen LogP contribution in [0.2, 0.25) is 0 Å². The molecule has 1 aromatic heterocycles. The number of hydrogen-bond acceptors (Lipinski definition) is 5. The quantitative estimate of drug-likeness (QED) is 0.252. The molecule has 0 N–H and O–H groups in total. The van der Waals surface area contributed by atoms with Crippen LogP contribution in [0.3, 0.4) is 0 Å². The molecule has 6 heteroatoms. The number of furan rings is 1. The van der Waals surface area contributed by atoms with Gasteiger partial charge in [-0.2, -0.15) is 0 Å². The van der Waals surface area contributed by atoms with Crippen LogP contribution in [0.5, 0.6) is 11.5 Å². The van der Waals surface area contributed by atoms with Gasteiger partial charge < -0.3 is 13.9 Å². The summed E-state index contributed by atoms with van der Waals surface area (Å²) in [6.45, 7) is 10.1. The molecular weight excluding hydrogens is 411 g/mol. The molecule has 0 aliphatic heterocycles. The maximum atomic E-state index is 14.3. The fourth-order valence-electron chi connectivity index (χ4n) is 2.55. The van der Waals surface area contributed by atoms with Gasteiger partial charge in [-0.15, -0.1) is 0 Å². The molecule has 0 unspecified atom stereocenters. The van der Waals surface area contributed by atoms with Crippen molar-refractivity contribution < 1.29 is 27.9 Å². The van der Waals surface area contributed by atoms with Crippen LogP contribution in [0.1, 0.15) is 25.2 Å². The van der Waals surface area contributed by atoms with Crippen LogP contribution in [-0.4, -0.2) is 11.9 Å². The molecule has 0 saturated carbocycles. The van der Waals surface area contributed by atoms with E-state index in [4.69, 9.17) is 13.9 Å². The fraction of sp³-hybridized carbons (Fsp3) is 0.0769. The minimum absolute atomic E-state index is 0.102. The lowest BCUT2D eigenvalue weighted by Crippen LogP contribution is -2.08. The molecule has 0 saturated heterocycles. The number of carbonyl (C=O) groups excluding carboxylic acids is 2. The number of ether oxygens (including phenoxy) is 2. The first-order chi connectivity index (χ1) is 15.2. The van der Waals surface area contributed by atoms with Crippen molar-refractivity contribution in [2.24, 2.45) is 0 Å². The molecule has 1 heterocycles. The summed E-state index contributed by atoms with van der Waals surface area (Å²) in [4.78, 5) is 23.1. The third-order valence-electron chi connectivity index (χ3n) is 4.28. The first kappa shape index (κ1) is 22.5. The third-order valence-corrected chi connectivity index (χ3v) is 4.28. The molecule has 0 atom stereocenters. The van der Waals surface area contributed by atoms with Gasteiger partial charge in [0.1, 0.15) is 28.8 Å². The Labute approximate surface area is 185 Å². The maximum Gasteiger partial charge on any atom is 0.338 e. The van der Waals surface area contributed by atoms with Gasteiger partial charge in [0.05, 0.1) is 0 Å². The van der Waals surface area contributed by atoms with Crippen LogP contribution in [0.25, 0.3) is 23.5 Å². The summed E-state index contributed by atoms with van der Waals surface area (Å²) in [6, 6.07) is 14.5. The highest BCUT2D eigenvalue weighted by molar-refractivity contribution is 5.89. The van der Waals surface area contributed by atoms with Crippen molar-refractivity contribution in [1.29, 1.82) is 0 Å². The van der Waals surface area contributed by atoms with E-state index < -0.39 is 17.8 Å². The minimum atomic E-state index is -0.613. The number of benzene rings is 2. The van der Waals surface area contributed by atoms with E-state index in [1.807, 2.05) is 0 Å². The summed E-state index contributed by atoms with van der Waals surface area (Å²) in [6.07, 6.45) is 3.19. The Morgan fingerprint density at radius 2 is 1.44 bits per heavy atom. The van der Waals surface area contributed by atoms with E-state index in [1.165, 1.54) is 19.1 Å². The zero-order valence-electron chi connectivity index (χ0n) is 17.7. The highest BCUT2D eigenvalue weighted by atomic mass is 19.1. The molecule has 0 amide bonds. The summed E-state index contributed by atoms with van der Waals surface area (Å²) in [5.41, 5.74) is 1.64. The molecule has 0 radical (unpaired) electrons. The van der Waals surface area contributed by atoms with Crippen molar-refractivity contribution >= 4 is 24.1 Å². The van der Waals surface area contributed by atoms with Crippen molar-refractivity contribution in [3.63, 3.8) is 0 Å². The van der Waals surface area contributed by atoms with Gasteiger partial charge in [-0.05, 0) is 74.5 Å². The summed E-state index contributed by atoms with van der Waals surface area (Å²) in [5, 5.41) is 0. The Morgan fingerprint density at radius 1 is 0.844 bits per heavy atom. The normalized spacial score (nSPS) is 10.7. The van der Waals surface area contributed by atoms with Crippen LogP contribution >= 0.6 is 0 Å². The van der Waals surface area contributed by atoms with Gasteiger partial charge in [0.25, 0.3) is 0 Å². The molecule has 32 heavy (non-hydrogen) atoms. The number of carbonyl (C=O) groups is 2. The molecule has 0 spiro atoms. The molecule has 0 bridgehead atoms. The van der Waals surface area contributed by atoms with E-state index in [0.717, 1.165) is 11.6 Å². The Morgan fingerprint density at radius 3 is 2.03 bits per heavy atom. The van der Waals surface area contributed by atoms with Gasteiger partial charge in [-0.1, -0.05) is 13.2 Å². The molecule has 3 rings (SSSR count). The van der Waals surface area contributed by atoms with Crippen molar-refractivity contribution in [3.8, 4) is 22.8 Å². The van der Waals surface area contributed by atoms with Crippen LogP contribution in [0.4, 0.5) is 4.39 Å². The smallest absolute Gasteiger partial charge is 0.338 e. The molecule has 5 nitrogen and oxygen atoms in total. The predicted molar refractivity (Wildman–Crippen MR) is 120 cm³/mol. The van der Waals surface area contributed by atoms with Gasteiger partial charge in [0, 0.05) is 28.3 Å². The first-order valence-electron chi connectivity index (χ1n) is 9.66. The number of esters is 2. The molecule has 3 aromatic rings. The lowest BCUT2D eigenvalue weighted by atomic mass is 10.1. The number of halogens is 1. The third kappa shape index (κ3) is 5.70. The van der Waals surface area contributed by atoms with E-state index >= 15 is 0 Å². The second-order valence-corrected chi connectivity index (χ2v) is 7.08. The second-order valence-electron chi connectivity index (χ2n) is 7.08. The van der Waals surface area contributed by atoms with E-state index in [1.54, 1.807) is 55.5 Å². The average molecular weight is 432 g/mol. The zero-order valence-corrected chi connectivity index (χ0v) is 17.7. The highest BCUT2D eigenvalue weighted by Crippen LogP contribution is 2.26. The van der Waals surface area contributed by atoms with Crippen molar-refractivity contribution in [2.75, 3.05) is 0 Å². The van der Waals surface area contributed by atoms with Gasteiger partial charge >= 0.3 is 11.9 Å². The topological polar surface area (TPSA) is 65.7 Å². The van der Waals surface area contributed by atoms with Gasteiger partial charge in [-0.25, -0.2) is 14.0 Å². The number of hydrogen-bond donors (Lipinski definition) is 0. The largest absolute Gasteiger partial charge is 0.457 e. The van der Waals surface area contributed by atoms with E-state index in [2.05, 4.69) is 13.2 Å². The zero-order chi connectivity index (χ0) is 23.3. The van der Waals surface area contributed by atoms with Gasteiger partial charge in [0.15, 0.2) is 0 Å². The van der Waals surface area contributed by atoms with Crippen LogP contribution in [0.15, 0.2) is 83.3 Å². The maximum absolute atomic E-state index is 14.3. The van der Waals surface area contributed by atoms with Gasteiger partial charge in [-0.3, -0.25) is 0 Å². The van der Waals surface area contributed by atoms with Crippen molar-refractivity contribution in [2.45, 2.75) is 13.8 Å². The SMILES string of the molecule is C=C(C)C(=O)Oc1ccc(-c2ccc(/C=C/c3ccc(OC(=O)C(=C)C)cc3F)o2)cc1. The lowest BCUT2D eigenvalue weighted by Gasteiger charge is -2.05. The Hall–Kier alpha value is -4.19. The summed E-state index contributed by atoms with van der Waals surface area (Å²) >= 11 is 0. The molecule has 0 fully saturated rings. The average Bonchev–Trinajstić information content (AvgIpc) is 3.22. The second kappa shape index (κ2) is 9.75. The van der Waals surface area contributed by atoms with Crippen LogP contribution in [0, 0.1) is 5.82 Å². The summed E-state index contributed by atoms with van der Waals surface area (Å²) in [5.74, 6) is -0.0123. The standard InChI is InChI=1S/C26H21FO5/c1-16(2)25(28)31-21-10-7-19(8-11-21)24-14-13-20(30-24)9-5-18-6-12-22(15-23(18)27)32-26(29)17(3)4/h5-15H,1,3H2,2,4H3/b9-5+. The van der Waals surface area contributed by atoms with Gasteiger partial charge in [0.2, 0.25) is 0 Å². The molecule has 162 valence electrons. The lowest BCUT2D eigenvalue weighted by molar-refractivity contribution is -0.130. The van der Waals surface area contributed by atoms with E-state index in [-0.39, 0.29) is 11.3 Å². The van der Waals surface area contributed by atoms with E-state index in [9.17, 15) is 14.0 Å². The highest BCUT2D eigenvalue weighted by Gasteiger charge is 2.09. The minimum Gasteiger partial charge on any atom is -0.457 e. The Bertz CT molecular complexity index is 1220. The van der Waals surface area contributed by atoms with Crippen LogP contribution < -0.4 is 9.47 Å². The molecule has 0 aliphatic rings. The Balaban J connectivity index is 1.68. The number of rotatable bonds is 7. The van der Waals surface area contributed by atoms with Crippen LogP contribution in [-0.2, 0) is 9.59 Å². The predicted octanol–water partition coefficient (Wildman–Crippen LogP) is 6.22. The van der Waals surface area contributed by atoms with E-state index in [0.29, 0.717) is 28.4 Å². The summed E-state index contributed by atoms with van der Waals surface area (Å²) < 4.78 is 30.3. The fourth-order valence-corrected chi connectivity index (χ4v) is 2.55. The summed E-state index contributed by atoms with van der Waals surface area (Å²) in [7, 11) is 0. The molecule has 0 aliphatic carbocycles. The first-order valence-corrected chi connectivity index (χ1v) is 9.66. The molecule has 2 aromatic carbocycles. The molecular formula is C26H21FO5. The monoisotopic (exact) mass is 432 g/mol. The van der Waals surface area contributed by atoms with Crippen molar-refractivity contribution in [1.82, 2.24) is 0 Å². The Kier molecular flexibility index (Phi) is 6.85. The van der Waals surface area contributed by atoms with Crippen molar-refractivity contribution in [3.05, 3.63) is 96.0 Å².